The monoisotopic (exact) mass is 341 g/mol. The Morgan fingerprint density at radius 1 is 1.50 bits per heavy atom. The van der Waals surface area contributed by atoms with Gasteiger partial charge >= 0.3 is 0 Å². The minimum absolute atomic E-state index is 0.125. The molecule has 0 fully saturated rings. The number of hydrogen-bond acceptors (Lipinski definition) is 3. The lowest BCUT2D eigenvalue weighted by molar-refractivity contribution is 0.146. The Morgan fingerprint density at radius 2 is 2.20 bits per heavy atom. The predicted molar refractivity (Wildman–Crippen MR) is 85.5 cm³/mol. The lowest BCUT2D eigenvalue weighted by Gasteiger charge is -2.33. The second kappa shape index (κ2) is 6.00. The molecule has 0 saturated carbocycles. The molecule has 0 aromatic carbocycles. The van der Waals surface area contributed by atoms with E-state index in [0.717, 1.165) is 36.1 Å². The van der Waals surface area contributed by atoms with Gasteiger partial charge in [0.05, 0.1) is 29.0 Å². The topological polar surface area (TPSA) is 41.3 Å². The van der Waals surface area contributed by atoms with Crippen molar-refractivity contribution in [1.82, 2.24) is 14.7 Å². The van der Waals surface area contributed by atoms with Gasteiger partial charge < -0.3 is 10.0 Å². The highest BCUT2D eigenvalue weighted by molar-refractivity contribution is 9.10. The van der Waals surface area contributed by atoms with E-state index in [1.54, 1.807) is 0 Å². The van der Waals surface area contributed by atoms with Gasteiger partial charge in [-0.25, -0.2) is 0 Å². The van der Waals surface area contributed by atoms with Crippen LogP contribution in [0.1, 0.15) is 32.4 Å². The molecule has 1 N–H and O–H groups in total. The summed E-state index contributed by atoms with van der Waals surface area (Å²) in [5, 5.41) is 14.5. The highest BCUT2D eigenvalue weighted by Gasteiger charge is 2.30. The summed E-state index contributed by atoms with van der Waals surface area (Å²) in [5.74, 6) is 0. The van der Waals surface area contributed by atoms with Crippen molar-refractivity contribution >= 4 is 21.5 Å². The van der Waals surface area contributed by atoms with E-state index in [0.29, 0.717) is 0 Å². The number of rotatable bonds is 4. The molecule has 1 aromatic heterocycles. The quantitative estimate of drug-likeness (QED) is 0.915. The normalized spacial score (nSPS) is 22.1. The number of likely N-dealkylation sites (N-methyl/N-ethyl adjacent to an activating group) is 1. The molecule has 1 atom stereocenters. The number of nitrogens with zero attached hydrogens (tertiary/aromatic N) is 3. The first kappa shape index (κ1) is 15.7. The number of allylic oxidation sites excluding steroid dienone is 1. The molecule has 0 aliphatic heterocycles. The summed E-state index contributed by atoms with van der Waals surface area (Å²) in [6.45, 7) is 6.21. The van der Waals surface area contributed by atoms with Gasteiger partial charge in [0, 0.05) is 6.54 Å². The van der Waals surface area contributed by atoms with Crippen molar-refractivity contribution in [3.8, 4) is 0 Å². The third-order valence-corrected chi connectivity index (χ3v) is 4.26. The van der Waals surface area contributed by atoms with Gasteiger partial charge in [-0.3, -0.25) is 4.68 Å². The molecule has 1 heterocycles. The van der Waals surface area contributed by atoms with Gasteiger partial charge in [-0.15, -0.1) is 0 Å². The summed E-state index contributed by atoms with van der Waals surface area (Å²) >= 11 is 3.60. The molecule has 1 aliphatic rings. The molecule has 0 spiro atoms. The van der Waals surface area contributed by atoms with E-state index in [2.05, 4.69) is 53.9 Å². The summed E-state index contributed by atoms with van der Waals surface area (Å²) in [6.07, 6.45) is 5.26. The van der Waals surface area contributed by atoms with Crippen LogP contribution in [0.15, 0.2) is 16.7 Å². The molecule has 0 radical (unpaired) electrons. The van der Waals surface area contributed by atoms with Crippen LogP contribution in [0.2, 0.25) is 0 Å². The maximum atomic E-state index is 10.1. The molecule has 20 heavy (non-hydrogen) atoms. The fourth-order valence-electron chi connectivity index (χ4n) is 2.81. The van der Waals surface area contributed by atoms with Gasteiger partial charge in [0.2, 0.25) is 0 Å². The summed E-state index contributed by atoms with van der Waals surface area (Å²) in [5.41, 5.74) is 2.43. The van der Waals surface area contributed by atoms with Crippen LogP contribution in [-0.2, 0) is 6.54 Å². The first-order valence-electron chi connectivity index (χ1n) is 7.04. The highest BCUT2D eigenvalue weighted by atomic mass is 79.9. The first-order chi connectivity index (χ1) is 9.28. The Bertz CT molecular complexity index is 505. The van der Waals surface area contributed by atoms with Crippen LogP contribution in [0.4, 0.5) is 0 Å². The molecule has 1 unspecified atom stereocenters. The Balaban J connectivity index is 2.30. The molecule has 112 valence electrons. The van der Waals surface area contributed by atoms with E-state index in [4.69, 9.17) is 0 Å². The van der Waals surface area contributed by atoms with E-state index in [1.807, 2.05) is 17.0 Å². The molecule has 1 aromatic rings. The van der Waals surface area contributed by atoms with Crippen LogP contribution in [0.5, 0.6) is 0 Å². The van der Waals surface area contributed by atoms with Crippen molar-refractivity contribution in [2.75, 3.05) is 20.6 Å². The highest BCUT2D eigenvalue weighted by Crippen LogP contribution is 2.41. The van der Waals surface area contributed by atoms with Crippen LogP contribution in [0.3, 0.4) is 0 Å². The first-order valence-corrected chi connectivity index (χ1v) is 7.83. The standard InChI is InChI=1S/C15H24BrN3O/c1-15(2)8-11(7-12(20)9-15)14-13(16)10-17-19(14)6-5-18(3)4/h7,10,12,20H,5-6,8-9H2,1-4H3. The van der Waals surface area contributed by atoms with Crippen molar-refractivity contribution in [2.45, 2.75) is 39.3 Å². The zero-order valence-corrected chi connectivity index (χ0v) is 14.3. The molecule has 5 heteroatoms. The fourth-order valence-corrected chi connectivity index (χ4v) is 3.36. The van der Waals surface area contributed by atoms with Crippen molar-refractivity contribution in [3.05, 3.63) is 22.4 Å². The van der Waals surface area contributed by atoms with Gasteiger partial charge in [-0.05, 0) is 53.9 Å². The van der Waals surface area contributed by atoms with Gasteiger partial charge in [0.25, 0.3) is 0 Å². The van der Waals surface area contributed by atoms with Crippen LogP contribution in [-0.4, -0.2) is 46.5 Å². The average molecular weight is 342 g/mol. The van der Waals surface area contributed by atoms with E-state index in [9.17, 15) is 5.11 Å². The minimum Gasteiger partial charge on any atom is -0.389 e. The Labute approximate surface area is 129 Å². The average Bonchev–Trinajstić information content (AvgIpc) is 2.65. The smallest absolute Gasteiger partial charge is 0.0782 e. The number of halogens is 1. The number of hydrogen-bond donors (Lipinski definition) is 1. The molecule has 0 saturated heterocycles. The van der Waals surface area contributed by atoms with Gasteiger partial charge in [0.1, 0.15) is 0 Å². The Kier molecular flexibility index (Phi) is 4.72. The Hall–Kier alpha value is -0.650. The van der Waals surface area contributed by atoms with Gasteiger partial charge in [-0.2, -0.15) is 5.10 Å². The van der Waals surface area contributed by atoms with Crippen molar-refractivity contribution in [2.24, 2.45) is 5.41 Å². The summed E-state index contributed by atoms with van der Waals surface area (Å²) in [7, 11) is 4.12. The lowest BCUT2D eigenvalue weighted by atomic mass is 9.75. The van der Waals surface area contributed by atoms with E-state index >= 15 is 0 Å². The second-order valence-corrected chi connectivity index (χ2v) is 7.53. The summed E-state index contributed by atoms with van der Waals surface area (Å²) < 4.78 is 3.04. The summed E-state index contributed by atoms with van der Waals surface area (Å²) in [4.78, 5) is 2.15. The summed E-state index contributed by atoms with van der Waals surface area (Å²) in [6, 6.07) is 0. The third-order valence-electron chi connectivity index (χ3n) is 3.68. The number of aliphatic hydroxyl groups excluding tert-OH is 1. The molecule has 0 bridgehead atoms. The number of aliphatic hydroxyl groups is 1. The fraction of sp³-hybridized carbons (Fsp3) is 0.667. The van der Waals surface area contributed by atoms with Crippen LogP contribution in [0, 0.1) is 5.41 Å². The van der Waals surface area contributed by atoms with Gasteiger partial charge in [-0.1, -0.05) is 19.9 Å². The molecule has 0 amide bonds. The Morgan fingerprint density at radius 3 is 2.80 bits per heavy atom. The lowest BCUT2D eigenvalue weighted by Crippen LogP contribution is -2.26. The van der Waals surface area contributed by atoms with Crippen LogP contribution >= 0.6 is 15.9 Å². The number of aromatic nitrogens is 2. The second-order valence-electron chi connectivity index (χ2n) is 6.67. The van der Waals surface area contributed by atoms with Crippen molar-refractivity contribution in [1.29, 1.82) is 0 Å². The van der Waals surface area contributed by atoms with Crippen molar-refractivity contribution < 1.29 is 5.11 Å². The van der Waals surface area contributed by atoms with E-state index in [-0.39, 0.29) is 11.5 Å². The maximum Gasteiger partial charge on any atom is 0.0782 e. The van der Waals surface area contributed by atoms with E-state index in [1.165, 1.54) is 5.57 Å². The largest absolute Gasteiger partial charge is 0.389 e. The van der Waals surface area contributed by atoms with Crippen LogP contribution < -0.4 is 0 Å². The van der Waals surface area contributed by atoms with Crippen molar-refractivity contribution in [3.63, 3.8) is 0 Å². The SMILES string of the molecule is CN(C)CCn1ncc(Br)c1C1=CC(O)CC(C)(C)C1. The molecule has 1 aliphatic carbocycles. The zero-order chi connectivity index (χ0) is 14.9. The third kappa shape index (κ3) is 3.71. The van der Waals surface area contributed by atoms with Gasteiger partial charge in [0.15, 0.2) is 0 Å². The van der Waals surface area contributed by atoms with E-state index < -0.39 is 0 Å². The molecule has 4 nitrogen and oxygen atoms in total. The zero-order valence-electron chi connectivity index (χ0n) is 12.7. The molecule has 2 rings (SSSR count). The minimum atomic E-state index is -0.363. The van der Waals surface area contributed by atoms with Crippen LogP contribution in [0.25, 0.3) is 5.57 Å². The predicted octanol–water partition coefficient (Wildman–Crippen LogP) is 2.77. The molecular formula is C15H24BrN3O. The molecular weight excluding hydrogens is 318 g/mol. The maximum absolute atomic E-state index is 10.1.